The minimum absolute atomic E-state index is 0.104. The van der Waals surface area contributed by atoms with E-state index in [1.165, 1.54) is 0 Å². The average Bonchev–Trinajstić information content (AvgIpc) is 2.33. The maximum Gasteiger partial charge on any atom is 0.121 e. The van der Waals surface area contributed by atoms with E-state index < -0.39 is 0 Å². The Morgan fingerprint density at radius 3 is 1.53 bits per heavy atom. The van der Waals surface area contributed by atoms with Crippen LogP contribution < -0.4 is 0 Å². The van der Waals surface area contributed by atoms with Crippen LogP contribution in [0, 0.1) is 0 Å². The Kier molecular flexibility index (Phi) is 4.98. The molecule has 78 valence electrons. The van der Waals surface area contributed by atoms with E-state index in [-0.39, 0.29) is 12.4 Å². The van der Waals surface area contributed by atoms with Crippen LogP contribution in [0.1, 0.15) is 5.56 Å². The number of aliphatic hydroxyl groups excluding tert-OH is 1. The van der Waals surface area contributed by atoms with Gasteiger partial charge in [0.15, 0.2) is 0 Å². The number of para-hydroxylation sites is 1. The lowest BCUT2D eigenvalue weighted by Gasteiger charge is -1.96. The highest BCUT2D eigenvalue weighted by Gasteiger charge is 1.93. The Balaban J connectivity index is 0.000000162. The van der Waals surface area contributed by atoms with Crippen molar-refractivity contribution >= 4 is 0 Å². The standard InChI is InChI=1S/C7H8O2.C6H6/c8-5-6-3-1-2-4-7(6)9;1-2-4-6-5-3-1/h1-4,8-9H,5H2;1-6H. The van der Waals surface area contributed by atoms with Gasteiger partial charge >= 0.3 is 0 Å². The van der Waals surface area contributed by atoms with Crippen LogP contribution >= 0.6 is 0 Å². The summed E-state index contributed by atoms with van der Waals surface area (Å²) in [5, 5.41) is 17.5. The molecule has 2 nitrogen and oxygen atoms in total. The van der Waals surface area contributed by atoms with Gasteiger partial charge in [0, 0.05) is 5.56 Å². The van der Waals surface area contributed by atoms with Crippen LogP contribution in [-0.2, 0) is 6.61 Å². The Morgan fingerprint density at radius 1 is 0.733 bits per heavy atom. The van der Waals surface area contributed by atoms with Gasteiger partial charge in [0.25, 0.3) is 0 Å². The average molecular weight is 202 g/mol. The lowest BCUT2D eigenvalue weighted by atomic mass is 10.2. The molecule has 0 atom stereocenters. The molecule has 2 N–H and O–H groups in total. The molecule has 2 heteroatoms. The fraction of sp³-hybridized carbons (Fsp3) is 0.0769. The lowest BCUT2D eigenvalue weighted by Crippen LogP contribution is -1.80. The van der Waals surface area contributed by atoms with Gasteiger partial charge in [0.2, 0.25) is 0 Å². The summed E-state index contributed by atoms with van der Waals surface area (Å²) in [5.74, 6) is 0.153. The highest BCUT2D eigenvalue weighted by molar-refractivity contribution is 5.30. The first-order chi connectivity index (χ1) is 7.34. The van der Waals surface area contributed by atoms with Crippen molar-refractivity contribution < 1.29 is 10.2 Å². The number of rotatable bonds is 1. The Labute approximate surface area is 89.4 Å². The van der Waals surface area contributed by atoms with Crippen LogP contribution in [0.5, 0.6) is 5.75 Å². The molecule has 0 aromatic heterocycles. The highest BCUT2D eigenvalue weighted by atomic mass is 16.3. The molecule has 0 saturated heterocycles. The lowest BCUT2D eigenvalue weighted by molar-refractivity contribution is 0.275. The van der Waals surface area contributed by atoms with E-state index in [0.29, 0.717) is 5.56 Å². The largest absolute Gasteiger partial charge is 0.508 e. The second-order valence-corrected chi connectivity index (χ2v) is 2.94. The zero-order valence-electron chi connectivity index (χ0n) is 8.38. The Morgan fingerprint density at radius 2 is 1.20 bits per heavy atom. The summed E-state index contributed by atoms with van der Waals surface area (Å²) < 4.78 is 0. The third-order valence-corrected chi connectivity index (χ3v) is 1.83. The van der Waals surface area contributed by atoms with Gasteiger partial charge in [-0.1, -0.05) is 54.6 Å². The SMILES string of the molecule is OCc1ccccc1O.c1ccccc1. The number of aromatic hydroxyl groups is 1. The van der Waals surface area contributed by atoms with Crippen molar-refractivity contribution in [2.24, 2.45) is 0 Å². The predicted molar refractivity (Wildman–Crippen MR) is 60.5 cm³/mol. The van der Waals surface area contributed by atoms with Crippen LogP contribution in [-0.4, -0.2) is 10.2 Å². The van der Waals surface area contributed by atoms with E-state index in [0.717, 1.165) is 0 Å². The molecular weight excluding hydrogens is 188 g/mol. The molecule has 0 radical (unpaired) electrons. The second kappa shape index (κ2) is 6.62. The van der Waals surface area contributed by atoms with Crippen LogP contribution in [0.15, 0.2) is 60.7 Å². The quantitative estimate of drug-likeness (QED) is 0.746. The Hall–Kier alpha value is -1.80. The van der Waals surface area contributed by atoms with Crippen molar-refractivity contribution in [3.8, 4) is 5.75 Å². The monoisotopic (exact) mass is 202 g/mol. The molecule has 2 rings (SSSR count). The third kappa shape index (κ3) is 4.29. The molecule has 0 saturated carbocycles. The first-order valence-electron chi connectivity index (χ1n) is 4.72. The summed E-state index contributed by atoms with van der Waals surface area (Å²) in [6.45, 7) is -0.104. The molecular formula is C13H14O2. The van der Waals surface area contributed by atoms with Gasteiger partial charge in [0.05, 0.1) is 6.61 Å². The maximum absolute atomic E-state index is 8.95. The molecule has 0 bridgehead atoms. The van der Waals surface area contributed by atoms with Crippen molar-refractivity contribution in [3.05, 3.63) is 66.2 Å². The van der Waals surface area contributed by atoms with Crippen molar-refractivity contribution in [1.29, 1.82) is 0 Å². The third-order valence-electron chi connectivity index (χ3n) is 1.83. The molecule has 0 fully saturated rings. The van der Waals surface area contributed by atoms with Crippen LogP contribution in [0.3, 0.4) is 0 Å². The summed E-state index contributed by atoms with van der Waals surface area (Å²) in [6, 6.07) is 18.7. The van der Waals surface area contributed by atoms with Crippen LogP contribution in [0.2, 0.25) is 0 Å². The van der Waals surface area contributed by atoms with Crippen LogP contribution in [0.4, 0.5) is 0 Å². The summed E-state index contributed by atoms with van der Waals surface area (Å²) in [5.41, 5.74) is 0.567. The molecule has 2 aromatic carbocycles. The van der Waals surface area contributed by atoms with Gasteiger partial charge in [0.1, 0.15) is 5.75 Å². The van der Waals surface area contributed by atoms with Crippen LogP contribution in [0.25, 0.3) is 0 Å². The first-order valence-corrected chi connectivity index (χ1v) is 4.72. The van der Waals surface area contributed by atoms with E-state index in [9.17, 15) is 0 Å². The van der Waals surface area contributed by atoms with Gasteiger partial charge in [-0.15, -0.1) is 0 Å². The number of benzene rings is 2. The summed E-state index contributed by atoms with van der Waals surface area (Å²) in [6.07, 6.45) is 0. The van der Waals surface area contributed by atoms with Crippen molar-refractivity contribution in [3.63, 3.8) is 0 Å². The zero-order chi connectivity index (χ0) is 10.9. The van der Waals surface area contributed by atoms with Gasteiger partial charge < -0.3 is 10.2 Å². The number of hydrogen-bond donors (Lipinski definition) is 2. The van der Waals surface area contributed by atoms with E-state index in [1.54, 1.807) is 24.3 Å². The topological polar surface area (TPSA) is 40.5 Å². The predicted octanol–water partition coefficient (Wildman–Crippen LogP) is 2.57. The van der Waals surface area contributed by atoms with E-state index in [1.807, 2.05) is 36.4 Å². The molecule has 0 spiro atoms. The summed E-state index contributed by atoms with van der Waals surface area (Å²) in [7, 11) is 0. The summed E-state index contributed by atoms with van der Waals surface area (Å²) >= 11 is 0. The van der Waals surface area contributed by atoms with Crippen molar-refractivity contribution in [1.82, 2.24) is 0 Å². The highest BCUT2D eigenvalue weighted by Crippen LogP contribution is 2.14. The normalized spacial score (nSPS) is 8.87. The molecule has 0 aliphatic heterocycles. The second-order valence-electron chi connectivity index (χ2n) is 2.94. The van der Waals surface area contributed by atoms with Gasteiger partial charge in [-0.2, -0.15) is 0 Å². The number of aliphatic hydroxyl groups is 1. The zero-order valence-corrected chi connectivity index (χ0v) is 8.38. The van der Waals surface area contributed by atoms with Gasteiger partial charge in [-0.25, -0.2) is 0 Å². The number of phenols is 1. The molecule has 15 heavy (non-hydrogen) atoms. The smallest absolute Gasteiger partial charge is 0.121 e. The molecule has 0 aliphatic rings. The fourth-order valence-electron chi connectivity index (χ4n) is 1.03. The first kappa shape index (κ1) is 11.3. The van der Waals surface area contributed by atoms with Gasteiger partial charge in [-0.3, -0.25) is 0 Å². The molecule has 0 unspecified atom stereocenters. The Bertz CT molecular complexity index is 345. The minimum Gasteiger partial charge on any atom is -0.508 e. The molecule has 0 heterocycles. The molecule has 2 aromatic rings. The fourth-order valence-corrected chi connectivity index (χ4v) is 1.03. The van der Waals surface area contributed by atoms with Crippen molar-refractivity contribution in [2.45, 2.75) is 6.61 Å². The van der Waals surface area contributed by atoms with E-state index in [2.05, 4.69) is 0 Å². The molecule has 0 aliphatic carbocycles. The number of hydrogen-bond acceptors (Lipinski definition) is 2. The van der Waals surface area contributed by atoms with E-state index in [4.69, 9.17) is 10.2 Å². The summed E-state index contributed by atoms with van der Waals surface area (Å²) in [4.78, 5) is 0. The van der Waals surface area contributed by atoms with E-state index >= 15 is 0 Å². The van der Waals surface area contributed by atoms with Crippen molar-refractivity contribution in [2.75, 3.05) is 0 Å². The minimum atomic E-state index is -0.104. The maximum atomic E-state index is 8.95. The molecule has 0 amide bonds. The van der Waals surface area contributed by atoms with Gasteiger partial charge in [-0.05, 0) is 6.07 Å².